The maximum absolute atomic E-state index is 4.24. The number of nitrogens with zero attached hydrogens (tertiary/aromatic N) is 2. The Labute approximate surface area is 66.4 Å². The molecule has 0 bridgehead atoms. The summed E-state index contributed by atoms with van der Waals surface area (Å²) in [5, 5.41) is 10.0. The molecule has 0 atom stereocenters. The van der Waals surface area contributed by atoms with Gasteiger partial charge in [0.05, 0.1) is 6.54 Å². The predicted octanol–water partition coefficient (Wildman–Crippen LogP) is 0.477. The summed E-state index contributed by atoms with van der Waals surface area (Å²) in [6, 6.07) is 0. The summed E-state index contributed by atoms with van der Waals surface area (Å²) in [5.41, 5.74) is 0. The first-order valence-electron chi connectivity index (χ1n) is 3.97. The summed E-state index contributed by atoms with van der Waals surface area (Å²) >= 11 is 0. The minimum absolute atomic E-state index is 0.781. The fourth-order valence-corrected chi connectivity index (χ4v) is 0.815. The maximum Gasteiger partial charge on any atom is 0.150 e. The summed E-state index contributed by atoms with van der Waals surface area (Å²) < 4.78 is 0. The molecule has 0 unspecified atom stereocenters. The van der Waals surface area contributed by atoms with Gasteiger partial charge in [-0.3, -0.25) is 5.10 Å². The zero-order chi connectivity index (χ0) is 8.10. The van der Waals surface area contributed by atoms with Crippen LogP contribution in [0, 0.1) is 0 Å². The van der Waals surface area contributed by atoms with Crippen molar-refractivity contribution in [1.29, 1.82) is 0 Å². The number of H-pyrrole nitrogens is 1. The van der Waals surface area contributed by atoms with Crippen LogP contribution in [0.25, 0.3) is 0 Å². The van der Waals surface area contributed by atoms with E-state index in [1.807, 2.05) is 6.92 Å². The highest BCUT2D eigenvalue weighted by molar-refractivity contribution is 4.88. The molecule has 0 spiro atoms. The second kappa shape index (κ2) is 4.08. The van der Waals surface area contributed by atoms with Gasteiger partial charge in [0, 0.05) is 6.42 Å². The molecule has 1 aromatic heterocycles. The molecule has 0 fully saturated rings. The van der Waals surface area contributed by atoms with Gasteiger partial charge in [0.25, 0.3) is 0 Å². The number of aryl methyl sites for hydroxylation is 1. The molecule has 0 aliphatic rings. The molecular weight excluding hydrogens is 140 g/mol. The van der Waals surface area contributed by atoms with Gasteiger partial charge in [-0.05, 0) is 6.54 Å². The fourth-order valence-electron chi connectivity index (χ4n) is 0.815. The van der Waals surface area contributed by atoms with Crippen molar-refractivity contribution >= 4 is 0 Å². The van der Waals surface area contributed by atoms with Gasteiger partial charge in [0.1, 0.15) is 11.6 Å². The minimum Gasteiger partial charge on any atom is -0.310 e. The van der Waals surface area contributed by atoms with E-state index < -0.39 is 0 Å². The van der Waals surface area contributed by atoms with E-state index in [0.717, 1.165) is 31.2 Å². The molecule has 0 radical (unpaired) electrons. The van der Waals surface area contributed by atoms with Gasteiger partial charge in [0.15, 0.2) is 0 Å². The van der Waals surface area contributed by atoms with Gasteiger partial charge in [-0.15, -0.1) is 0 Å². The molecule has 2 N–H and O–H groups in total. The lowest BCUT2D eigenvalue weighted by molar-refractivity contribution is 0.693. The molecule has 11 heavy (non-hydrogen) atoms. The highest BCUT2D eigenvalue weighted by Crippen LogP contribution is 1.91. The monoisotopic (exact) mass is 154 g/mol. The Balaban J connectivity index is 2.44. The third kappa shape index (κ3) is 2.31. The normalized spacial score (nSPS) is 10.4. The van der Waals surface area contributed by atoms with Crippen LogP contribution >= 0.6 is 0 Å². The van der Waals surface area contributed by atoms with Crippen LogP contribution in [0.1, 0.15) is 25.5 Å². The van der Waals surface area contributed by atoms with Crippen molar-refractivity contribution in [1.82, 2.24) is 20.5 Å². The van der Waals surface area contributed by atoms with Crippen LogP contribution in [0.2, 0.25) is 0 Å². The summed E-state index contributed by atoms with van der Waals surface area (Å²) in [7, 11) is 0. The largest absolute Gasteiger partial charge is 0.310 e. The first-order valence-corrected chi connectivity index (χ1v) is 3.97. The summed E-state index contributed by atoms with van der Waals surface area (Å²) in [6.07, 6.45) is 0.891. The number of aromatic nitrogens is 3. The zero-order valence-electron chi connectivity index (χ0n) is 7.02. The van der Waals surface area contributed by atoms with Crippen molar-refractivity contribution in [2.45, 2.75) is 26.8 Å². The second-order valence-corrected chi connectivity index (χ2v) is 2.33. The highest BCUT2D eigenvalue weighted by atomic mass is 15.2. The van der Waals surface area contributed by atoms with E-state index in [0.29, 0.717) is 0 Å². The van der Waals surface area contributed by atoms with E-state index in [-0.39, 0.29) is 0 Å². The van der Waals surface area contributed by atoms with Gasteiger partial charge >= 0.3 is 0 Å². The van der Waals surface area contributed by atoms with Gasteiger partial charge in [-0.1, -0.05) is 13.8 Å². The van der Waals surface area contributed by atoms with Crippen LogP contribution in [0.5, 0.6) is 0 Å². The molecule has 62 valence electrons. The van der Waals surface area contributed by atoms with Crippen LogP contribution in [-0.2, 0) is 13.0 Å². The fraction of sp³-hybridized carbons (Fsp3) is 0.714. The van der Waals surface area contributed by atoms with E-state index in [1.165, 1.54) is 0 Å². The van der Waals surface area contributed by atoms with Gasteiger partial charge < -0.3 is 5.32 Å². The third-order valence-electron chi connectivity index (χ3n) is 1.44. The Kier molecular flexibility index (Phi) is 3.04. The van der Waals surface area contributed by atoms with Crippen molar-refractivity contribution in [3.05, 3.63) is 11.6 Å². The molecule has 4 heteroatoms. The third-order valence-corrected chi connectivity index (χ3v) is 1.44. The molecule has 1 aromatic rings. The number of hydrogen-bond acceptors (Lipinski definition) is 3. The van der Waals surface area contributed by atoms with Gasteiger partial charge in [-0.2, -0.15) is 5.10 Å². The maximum atomic E-state index is 4.24. The van der Waals surface area contributed by atoms with E-state index >= 15 is 0 Å². The molecule has 0 aromatic carbocycles. The van der Waals surface area contributed by atoms with Crippen LogP contribution in [0.3, 0.4) is 0 Å². The smallest absolute Gasteiger partial charge is 0.150 e. The van der Waals surface area contributed by atoms with Crippen LogP contribution in [-0.4, -0.2) is 21.7 Å². The van der Waals surface area contributed by atoms with Gasteiger partial charge in [0.2, 0.25) is 0 Å². The molecule has 0 aliphatic carbocycles. The van der Waals surface area contributed by atoms with Crippen molar-refractivity contribution < 1.29 is 0 Å². The van der Waals surface area contributed by atoms with Crippen LogP contribution < -0.4 is 5.32 Å². The first kappa shape index (κ1) is 8.20. The lowest BCUT2D eigenvalue weighted by Gasteiger charge is -1.93. The number of aromatic amines is 1. The minimum atomic E-state index is 0.781. The van der Waals surface area contributed by atoms with Crippen molar-refractivity contribution in [3.8, 4) is 0 Å². The molecule has 0 aliphatic heterocycles. The lowest BCUT2D eigenvalue weighted by Crippen LogP contribution is -2.12. The first-order chi connectivity index (χ1) is 5.36. The standard InChI is InChI=1S/C7H14N4/c1-3-6-9-7(11-10-6)5-8-4-2/h8H,3-5H2,1-2H3,(H,9,10,11). The quantitative estimate of drug-likeness (QED) is 0.663. The van der Waals surface area contributed by atoms with Crippen molar-refractivity contribution in [2.75, 3.05) is 6.54 Å². The molecular formula is C7H14N4. The lowest BCUT2D eigenvalue weighted by atomic mass is 10.5. The molecule has 0 amide bonds. The Hall–Kier alpha value is -0.900. The van der Waals surface area contributed by atoms with E-state index in [9.17, 15) is 0 Å². The SMILES string of the molecule is CCNCc1nc(CC)n[nH]1. The van der Waals surface area contributed by atoms with E-state index in [4.69, 9.17) is 0 Å². The predicted molar refractivity (Wildman–Crippen MR) is 43.1 cm³/mol. The summed E-state index contributed by atoms with van der Waals surface area (Å²) in [4.78, 5) is 4.24. The zero-order valence-corrected chi connectivity index (χ0v) is 7.02. The Morgan fingerprint density at radius 1 is 1.45 bits per heavy atom. The summed E-state index contributed by atoms with van der Waals surface area (Å²) in [6.45, 7) is 5.85. The Bertz CT molecular complexity index is 206. The molecule has 1 rings (SSSR count). The number of nitrogens with one attached hydrogen (secondary N) is 2. The molecule has 1 heterocycles. The summed E-state index contributed by atoms with van der Waals surface area (Å²) in [5.74, 6) is 1.81. The number of rotatable bonds is 4. The number of hydrogen-bond donors (Lipinski definition) is 2. The van der Waals surface area contributed by atoms with Crippen LogP contribution in [0.15, 0.2) is 0 Å². The average molecular weight is 154 g/mol. The van der Waals surface area contributed by atoms with Crippen LogP contribution in [0.4, 0.5) is 0 Å². The Morgan fingerprint density at radius 2 is 2.27 bits per heavy atom. The highest BCUT2D eigenvalue weighted by Gasteiger charge is 1.98. The Morgan fingerprint density at radius 3 is 2.82 bits per heavy atom. The van der Waals surface area contributed by atoms with E-state index in [1.54, 1.807) is 0 Å². The topological polar surface area (TPSA) is 53.6 Å². The second-order valence-electron chi connectivity index (χ2n) is 2.33. The van der Waals surface area contributed by atoms with Crippen molar-refractivity contribution in [3.63, 3.8) is 0 Å². The van der Waals surface area contributed by atoms with Crippen molar-refractivity contribution in [2.24, 2.45) is 0 Å². The molecule has 0 saturated carbocycles. The van der Waals surface area contributed by atoms with E-state index in [2.05, 4.69) is 27.4 Å². The average Bonchev–Trinajstić information content (AvgIpc) is 2.48. The molecule has 0 saturated heterocycles. The van der Waals surface area contributed by atoms with Gasteiger partial charge in [-0.25, -0.2) is 4.98 Å². The molecule has 4 nitrogen and oxygen atoms in total.